The molecule has 7 nitrogen and oxygen atoms in total. The first kappa shape index (κ1) is 34.9. The lowest BCUT2D eigenvalue weighted by molar-refractivity contribution is -0.269. The Balaban J connectivity index is 1.58. The van der Waals surface area contributed by atoms with E-state index >= 15 is 0 Å². The summed E-state index contributed by atoms with van der Waals surface area (Å²) in [6.07, 6.45) is 7.15. The fraction of sp³-hybridized carbons (Fsp3) is 0.895. The van der Waals surface area contributed by atoms with Crippen LogP contribution in [0.4, 0.5) is 0 Å². The number of hydrogen-bond donors (Lipinski definition) is 2. The van der Waals surface area contributed by atoms with Gasteiger partial charge in [0.05, 0.1) is 25.7 Å². The van der Waals surface area contributed by atoms with E-state index in [1.54, 1.807) is 0 Å². The summed E-state index contributed by atoms with van der Waals surface area (Å²) in [6, 6.07) is 0. The van der Waals surface area contributed by atoms with E-state index in [0.29, 0.717) is 44.0 Å². The SMILES string of the molecule is CC(=O)O[C@@H]1C[C@]23COC[C@](C)([C@@H]2CC[C@H]2C3=CC[C@@]3(C)[C@H](C(=O)O)[C@@](C)([C@H](C)C(C)C)CC[C@]23C)[C@H]1OC[C@@](C)(N)C(C)C. The molecule has 12 atom stereocenters. The monoisotopic (exact) mass is 629 g/mol. The molecule has 4 aliphatic carbocycles. The molecule has 256 valence electrons. The van der Waals surface area contributed by atoms with Crippen LogP contribution in [0.25, 0.3) is 0 Å². The summed E-state index contributed by atoms with van der Waals surface area (Å²) in [4.78, 5) is 25.9. The van der Waals surface area contributed by atoms with Crippen molar-refractivity contribution in [3.8, 4) is 0 Å². The fourth-order valence-corrected chi connectivity index (χ4v) is 11.6. The van der Waals surface area contributed by atoms with E-state index in [4.69, 9.17) is 19.9 Å². The van der Waals surface area contributed by atoms with Crippen molar-refractivity contribution < 1.29 is 28.9 Å². The summed E-state index contributed by atoms with van der Waals surface area (Å²) in [5.74, 6) is 0.184. The number of carboxylic acids is 1. The molecule has 0 amide bonds. The molecule has 5 aliphatic rings. The lowest BCUT2D eigenvalue weighted by Gasteiger charge is -2.71. The number of ether oxygens (including phenoxy) is 3. The second-order valence-corrected chi connectivity index (χ2v) is 18.1. The Labute approximate surface area is 272 Å². The van der Waals surface area contributed by atoms with E-state index in [-0.39, 0.29) is 51.0 Å². The maximum absolute atomic E-state index is 13.3. The number of fused-ring (bicyclic) bond motifs is 3. The van der Waals surface area contributed by atoms with Gasteiger partial charge in [-0.15, -0.1) is 0 Å². The third-order valence-electron chi connectivity index (χ3n) is 15.3. The van der Waals surface area contributed by atoms with Gasteiger partial charge in [-0.3, -0.25) is 9.59 Å². The van der Waals surface area contributed by atoms with Crippen molar-refractivity contribution in [2.75, 3.05) is 19.8 Å². The first-order chi connectivity index (χ1) is 20.7. The minimum absolute atomic E-state index is 0.160. The average Bonchev–Trinajstić information content (AvgIpc) is 2.92. The van der Waals surface area contributed by atoms with Gasteiger partial charge in [-0.25, -0.2) is 0 Å². The summed E-state index contributed by atoms with van der Waals surface area (Å²) in [6.45, 7) is 25.3. The highest BCUT2D eigenvalue weighted by Crippen LogP contribution is 2.75. The van der Waals surface area contributed by atoms with Crippen LogP contribution < -0.4 is 5.73 Å². The Kier molecular flexibility index (Phi) is 8.78. The van der Waals surface area contributed by atoms with E-state index in [9.17, 15) is 14.7 Å². The number of allylic oxidation sites excluding steroid dienone is 1. The van der Waals surface area contributed by atoms with Crippen molar-refractivity contribution in [3.63, 3.8) is 0 Å². The molecule has 7 heteroatoms. The number of carbonyl (C=O) groups excluding carboxylic acids is 1. The Morgan fingerprint density at radius 1 is 1.07 bits per heavy atom. The molecule has 1 saturated heterocycles. The van der Waals surface area contributed by atoms with Crippen LogP contribution in [0.2, 0.25) is 0 Å². The average molecular weight is 630 g/mol. The molecular formula is C38H63NO6. The Morgan fingerprint density at radius 2 is 1.73 bits per heavy atom. The lowest BCUT2D eigenvalue weighted by atomic mass is 9.34. The predicted octanol–water partition coefficient (Wildman–Crippen LogP) is 7.27. The second kappa shape index (κ2) is 11.3. The van der Waals surface area contributed by atoms with Crippen LogP contribution in [0.1, 0.15) is 115 Å². The molecule has 45 heavy (non-hydrogen) atoms. The van der Waals surface area contributed by atoms with Crippen LogP contribution in [0.15, 0.2) is 11.6 Å². The molecule has 4 fully saturated rings. The molecule has 2 bridgehead atoms. The zero-order chi connectivity index (χ0) is 33.5. The van der Waals surface area contributed by atoms with Crippen molar-refractivity contribution in [2.45, 2.75) is 132 Å². The van der Waals surface area contributed by atoms with Crippen LogP contribution in [-0.2, 0) is 23.8 Å². The first-order valence-electron chi connectivity index (χ1n) is 17.8. The molecule has 0 aromatic heterocycles. The summed E-state index contributed by atoms with van der Waals surface area (Å²) in [7, 11) is 0. The van der Waals surface area contributed by atoms with Gasteiger partial charge in [0.15, 0.2) is 0 Å². The van der Waals surface area contributed by atoms with Gasteiger partial charge in [0, 0.05) is 23.3 Å². The topological polar surface area (TPSA) is 108 Å². The van der Waals surface area contributed by atoms with E-state index in [2.05, 4.69) is 68.4 Å². The molecular weight excluding hydrogens is 566 g/mol. The van der Waals surface area contributed by atoms with Gasteiger partial charge in [-0.05, 0) is 91.3 Å². The zero-order valence-corrected chi connectivity index (χ0v) is 30.1. The Hall–Kier alpha value is -1.44. The minimum atomic E-state index is -0.642. The van der Waals surface area contributed by atoms with Gasteiger partial charge in [0.1, 0.15) is 12.2 Å². The van der Waals surface area contributed by atoms with Gasteiger partial charge >= 0.3 is 11.9 Å². The standard InChI is InChI=1S/C38H63NO6/c1-22(2)24(5)33(7)16-17-35(9)26-12-13-29-34(8)19-43-21-38(29,27(26)14-15-36(35,10)30(33)32(41)42)18-28(45-25(6)40)31(34)44-20-37(11,39)23(3)4/h14,22-24,26,28-31H,12-13,15-21,39H2,1-11H3,(H,41,42)/t24-,26+,28-,29+,30-,31+,33-,34-,35-,36+,37-,38-/m1/s1. The van der Waals surface area contributed by atoms with Crippen molar-refractivity contribution >= 4 is 11.9 Å². The largest absolute Gasteiger partial charge is 0.481 e. The maximum atomic E-state index is 13.3. The van der Waals surface area contributed by atoms with Crippen LogP contribution >= 0.6 is 0 Å². The number of carbonyl (C=O) groups is 2. The van der Waals surface area contributed by atoms with Crippen molar-refractivity contribution in [3.05, 3.63) is 11.6 Å². The van der Waals surface area contributed by atoms with E-state index in [0.717, 1.165) is 32.1 Å². The number of aliphatic carboxylic acids is 1. The molecule has 1 heterocycles. The Morgan fingerprint density at radius 3 is 2.31 bits per heavy atom. The zero-order valence-electron chi connectivity index (χ0n) is 30.1. The number of esters is 1. The molecule has 0 aromatic rings. The highest BCUT2D eigenvalue weighted by Gasteiger charge is 2.72. The van der Waals surface area contributed by atoms with Crippen LogP contribution in [0.5, 0.6) is 0 Å². The molecule has 5 rings (SSSR count). The van der Waals surface area contributed by atoms with E-state index in [1.807, 2.05) is 6.92 Å². The molecule has 0 spiro atoms. The first-order valence-corrected chi connectivity index (χ1v) is 17.8. The van der Waals surface area contributed by atoms with Gasteiger partial charge in [-0.1, -0.05) is 74.0 Å². The van der Waals surface area contributed by atoms with Crippen LogP contribution in [-0.4, -0.2) is 54.6 Å². The number of hydrogen-bond acceptors (Lipinski definition) is 6. The van der Waals surface area contributed by atoms with E-state index in [1.165, 1.54) is 12.5 Å². The second-order valence-electron chi connectivity index (χ2n) is 18.1. The fourth-order valence-electron chi connectivity index (χ4n) is 11.6. The van der Waals surface area contributed by atoms with E-state index < -0.39 is 23.5 Å². The summed E-state index contributed by atoms with van der Waals surface area (Å²) in [5.41, 5.74) is 6.19. The summed E-state index contributed by atoms with van der Waals surface area (Å²) < 4.78 is 19.5. The van der Waals surface area contributed by atoms with Gasteiger partial charge < -0.3 is 25.1 Å². The van der Waals surface area contributed by atoms with Crippen molar-refractivity contribution in [1.29, 1.82) is 0 Å². The molecule has 0 radical (unpaired) electrons. The van der Waals surface area contributed by atoms with Crippen LogP contribution in [0, 0.1) is 62.6 Å². The third-order valence-corrected chi connectivity index (χ3v) is 15.3. The van der Waals surface area contributed by atoms with Gasteiger partial charge in [0.25, 0.3) is 0 Å². The number of rotatable bonds is 8. The molecule has 1 aliphatic heterocycles. The van der Waals surface area contributed by atoms with Gasteiger partial charge in [-0.2, -0.15) is 0 Å². The normalized spacial score (nSPS) is 46.3. The smallest absolute Gasteiger partial charge is 0.307 e. The van der Waals surface area contributed by atoms with Crippen molar-refractivity contribution in [2.24, 2.45) is 68.3 Å². The molecule has 3 N–H and O–H groups in total. The Bertz CT molecular complexity index is 1210. The molecule has 0 aromatic carbocycles. The minimum Gasteiger partial charge on any atom is -0.481 e. The van der Waals surface area contributed by atoms with Crippen molar-refractivity contribution in [1.82, 2.24) is 0 Å². The third kappa shape index (κ3) is 4.98. The molecule has 3 saturated carbocycles. The van der Waals surface area contributed by atoms with Gasteiger partial charge in [0.2, 0.25) is 0 Å². The van der Waals surface area contributed by atoms with Crippen LogP contribution in [0.3, 0.4) is 0 Å². The molecule has 0 unspecified atom stereocenters. The number of nitrogens with two attached hydrogens (primary N) is 1. The highest BCUT2D eigenvalue weighted by atomic mass is 16.6. The highest BCUT2D eigenvalue weighted by molar-refractivity contribution is 5.73. The summed E-state index contributed by atoms with van der Waals surface area (Å²) in [5, 5.41) is 11.0. The quantitative estimate of drug-likeness (QED) is 0.215. The number of carboxylic acid groups (broad SMARTS) is 1. The lowest BCUT2D eigenvalue weighted by Crippen LogP contribution is -2.70. The predicted molar refractivity (Wildman–Crippen MR) is 176 cm³/mol. The maximum Gasteiger partial charge on any atom is 0.307 e. The summed E-state index contributed by atoms with van der Waals surface area (Å²) >= 11 is 0.